The van der Waals surface area contributed by atoms with Crippen LogP contribution in [0.4, 0.5) is 0 Å². The smallest absolute Gasteiger partial charge is 0.331 e. The van der Waals surface area contributed by atoms with Crippen LogP contribution in [0.15, 0.2) is 0 Å². The van der Waals surface area contributed by atoms with Gasteiger partial charge in [0.2, 0.25) is 0 Å². The highest BCUT2D eigenvalue weighted by molar-refractivity contribution is 7.53. The molecule has 0 amide bonds. The van der Waals surface area contributed by atoms with E-state index in [9.17, 15) is 4.57 Å². The Bertz CT molecular complexity index is 327. The van der Waals surface area contributed by atoms with Crippen molar-refractivity contribution in [1.29, 1.82) is 5.41 Å². The van der Waals surface area contributed by atoms with Crippen LogP contribution in [0, 0.1) is 23.2 Å². The van der Waals surface area contributed by atoms with Gasteiger partial charge in [0.15, 0.2) is 5.90 Å². The molecule has 0 aliphatic rings. The lowest BCUT2D eigenvalue weighted by molar-refractivity contribution is 0.173. The van der Waals surface area contributed by atoms with Crippen molar-refractivity contribution < 1.29 is 18.3 Å². The van der Waals surface area contributed by atoms with Crippen LogP contribution in [0.3, 0.4) is 0 Å². The predicted molar refractivity (Wildman–Crippen MR) is 87.2 cm³/mol. The lowest BCUT2D eigenvalue weighted by Crippen LogP contribution is -2.13. The summed E-state index contributed by atoms with van der Waals surface area (Å²) in [6, 6.07) is 0. The molecule has 0 rings (SSSR count). The maximum Gasteiger partial charge on any atom is 0.331 e. The summed E-state index contributed by atoms with van der Waals surface area (Å²) in [6.45, 7) is 13.3. The van der Waals surface area contributed by atoms with E-state index in [2.05, 4.69) is 0 Å². The fraction of sp³-hybridized carbons (Fsp3) is 0.933. The van der Waals surface area contributed by atoms with Gasteiger partial charge in [0.05, 0.1) is 26.0 Å². The molecule has 0 aromatic rings. The molecule has 0 saturated heterocycles. The third-order valence-electron chi connectivity index (χ3n) is 2.41. The Morgan fingerprint density at radius 2 is 1.33 bits per heavy atom. The zero-order valence-electron chi connectivity index (χ0n) is 14.3. The number of ether oxygens (including phenoxy) is 1. The molecule has 0 atom stereocenters. The van der Waals surface area contributed by atoms with Crippen molar-refractivity contribution in [1.82, 2.24) is 0 Å². The molecule has 0 aliphatic carbocycles. The highest BCUT2D eigenvalue weighted by atomic mass is 31.2. The molecular weight excluding hydrogens is 289 g/mol. The average molecular weight is 321 g/mol. The third kappa shape index (κ3) is 11.9. The summed E-state index contributed by atoms with van der Waals surface area (Å²) in [5.41, 5.74) is 0. The van der Waals surface area contributed by atoms with Crippen molar-refractivity contribution in [3.8, 4) is 0 Å². The monoisotopic (exact) mass is 321 g/mol. The first kappa shape index (κ1) is 20.6. The molecule has 0 spiro atoms. The minimum Gasteiger partial charge on any atom is -0.481 e. The van der Waals surface area contributed by atoms with Crippen LogP contribution in [-0.4, -0.2) is 31.9 Å². The molecule has 0 unspecified atom stereocenters. The fourth-order valence-corrected chi connectivity index (χ4v) is 3.13. The first-order valence-electron chi connectivity index (χ1n) is 7.73. The summed E-state index contributed by atoms with van der Waals surface area (Å²) < 4.78 is 29.0. The van der Waals surface area contributed by atoms with Gasteiger partial charge >= 0.3 is 7.60 Å². The van der Waals surface area contributed by atoms with E-state index in [1.165, 1.54) is 0 Å². The SMILES string of the molecule is CC(C)COC(=N)CCP(=O)(OCC(C)C)OCC(C)C. The van der Waals surface area contributed by atoms with E-state index in [0.717, 1.165) is 0 Å². The highest BCUT2D eigenvalue weighted by Crippen LogP contribution is 2.49. The van der Waals surface area contributed by atoms with E-state index >= 15 is 0 Å². The molecule has 0 bridgehead atoms. The van der Waals surface area contributed by atoms with Gasteiger partial charge in [0.1, 0.15) is 0 Å². The van der Waals surface area contributed by atoms with Gasteiger partial charge in [0, 0.05) is 6.42 Å². The van der Waals surface area contributed by atoms with Gasteiger partial charge in [-0.2, -0.15) is 0 Å². The van der Waals surface area contributed by atoms with E-state index < -0.39 is 7.60 Å². The Kier molecular flexibility index (Phi) is 10.2. The summed E-state index contributed by atoms with van der Waals surface area (Å²) in [7, 11) is -3.15. The number of hydrogen-bond acceptors (Lipinski definition) is 5. The Labute approximate surface area is 129 Å². The van der Waals surface area contributed by atoms with Crippen molar-refractivity contribution in [3.63, 3.8) is 0 Å². The second-order valence-corrected chi connectivity index (χ2v) is 8.78. The van der Waals surface area contributed by atoms with E-state index in [-0.39, 0.29) is 30.3 Å². The molecule has 0 heterocycles. The lowest BCUT2D eigenvalue weighted by Gasteiger charge is -2.21. The van der Waals surface area contributed by atoms with Crippen LogP contribution < -0.4 is 0 Å². The second-order valence-electron chi connectivity index (χ2n) is 6.59. The zero-order valence-corrected chi connectivity index (χ0v) is 15.2. The highest BCUT2D eigenvalue weighted by Gasteiger charge is 2.26. The molecule has 0 fully saturated rings. The van der Waals surface area contributed by atoms with Gasteiger partial charge in [-0.05, 0) is 17.8 Å². The van der Waals surface area contributed by atoms with Crippen LogP contribution in [0.1, 0.15) is 48.0 Å². The Morgan fingerprint density at radius 1 is 0.905 bits per heavy atom. The summed E-state index contributed by atoms with van der Waals surface area (Å²) in [5.74, 6) is 1.09. The number of nitrogens with one attached hydrogen (secondary N) is 1. The average Bonchev–Trinajstić information content (AvgIpc) is 2.38. The Hall–Kier alpha value is -0.380. The van der Waals surface area contributed by atoms with Crippen molar-refractivity contribution in [3.05, 3.63) is 0 Å². The minimum atomic E-state index is -3.15. The van der Waals surface area contributed by atoms with Gasteiger partial charge in [-0.15, -0.1) is 0 Å². The van der Waals surface area contributed by atoms with Crippen LogP contribution in [0.25, 0.3) is 0 Å². The molecule has 1 N–H and O–H groups in total. The fourth-order valence-electron chi connectivity index (χ4n) is 1.27. The quantitative estimate of drug-likeness (QED) is 0.344. The van der Waals surface area contributed by atoms with Crippen molar-refractivity contribution >= 4 is 13.5 Å². The maximum absolute atomic E-state index is 12.7. The molecule has 21 heavy (non-hydrogen) atoms. The van der Waals surface area contributed by atoms with E-state index in [1.54, 1.807) is 0 Å². The van der Waals surface area contributed by atoms with Crippen LogP contribution in [-0.2, 0) is 18.3 Å². The summed E-state index contributed by atoms with van der Waals surface area (Å²) >= 11 is 0. The van der Waals surface area contributed by atoms with Gasteiger partial charge in [-0.1, -0.05) is 41.5 Å². The largest absolute Gasteiger partial charge is 0.481 e. The van der Waals surface area contributed by atoms with Crippen LogP contribution in [0.2, 0.25) is 0 Å². The van der Waals surface area contributed by atoms with Gasteiger partial charge in [-0.25, -0.2) is 0 Å². The normalized spacial score (nSPS) is 12.4. The third-order valence-corrected chi connectivity index (χ3v) is 4.27. The first-order chi connectivity index (χ1) is 9.64. The summed E-state index contributed by atoms with van der Waals surface area (Å²) in [5, 5.41) is 7.74. The van der Waals surface area contributed by atoms with Crippen LogP contribution >= 0.6 is 7.60 Å². The van der Waals surface area contributed by atoms with E-state index in [4.69, 9.17) is 19.2 Å². The number of rotatable bonds is 11. The summed E-state index contributed by atoms with van der Waals surface area (Å²) in [6.07, 6.45) is 0.476. The molecule has 0 aromatic carbocycles. The zero-order chi connectivity index (χ0) is 16.5. The van der Waals surface area contributed by atoms with Crippen molar-refractivity contribution in [2.24, 2.45) is 17.8 Å². The van der Waals surface area contributed by atoms with Gasteiger partial charge < -0.3 is 13.8 Å². The minimum absolute atomic E-state index is 0.144. The molecule has 0 radical (unpaired) electrons. The standard InChI is InChI=1S/C15H32NO4P/c1-12(2)9-18-15(16)7-8-21(17,19-10-13(3)4)20-11-14(5)6/h12-14,16H,7-11H2,1-6H3. The van der Waals surface area contributed by atoms with E-state index in [0.29, 0.717) is 25.7 Å². The molecule has 6 heteroatoms. The van der Waals surface area contributed by atoms with Crippen LogP contribution in [0.5, 0.6) is 0 Å². The maximum atomic E-state index is 12.7. The van der Waals surface area contributed by atoms with Crippen molar-refractivity contribution in [2.75, 3.05) is 26.0 Å². The lowest BCUT2D eigenvalue weighted by atomic mass is 10.2. The van der Waals surface area contributed by atoms with Gasteiger partial charge in [0.25, 0.3) is 0 Å². The molecule has 0 saturated carbocycles. The molecular formula is C15H32NO4P. The second kappa shape index (κ2) is 10.4. The summed E-state index contributed by atoms with van der Waals surface area (Å²) in [4.78, 5) is 0. The van der Waals surface area contributed by atoms with E-state index in [1.807, 2.05) is 41.5 Å². The Morgan fingerprint density at radius 3 is 1.71 bits per heavy atom. The Balaban J connectivity index is 4.38. The molecule has 5 nitrogen and oxygen atoms in total. The topological polar surface area (TPSA) is 68.6 Å². The number of hydrogen-bond donors (Lipinski definition) is 1. The predicted octanol–water partition coefficient (Wildman–Crippen LogP) is 4.56. The molecule has 0 aromatic heterocycles. The van der Waals surface area contributed by atoms with Crippen molar-refractivity contribution in [2.45, 2.75) is 48.0 Å². The molecule has 0 aliphatic heterocycles. The van der Waals surface area contributed by atoms with Gasteiger partial charge in [-0.3, -0.25) is 9.97 Å². The first-order valence-corrected chi connectivity index (χ1v) is 9.45. The molecule has 126 valence electrons.